The maximum atomic E-state index is 12.0. The first-order chi connectivity index (χ1) is 8.13. The van der Waals surface area contributed by atoms with Gasteiger partial charge in [0.15, 0.2) is 11.4 Å². The fourth-order valence-electron chi connectivity index (χ4n) is 1.87. The maximum absolute atomic E-state index is 12.0. The highest BCUT2D eigenvalue weighted by Crippen LogP contribution is 2.16. The molecule has 0 aromatic carbocycles. The lowest BCUT2D eigenvalue weighted by Gasteiger charge is -2.14. The third kappa shape index (κ3) is 2.14. The molecule has 0 spiro atoms. The maximum Gasteiger partial charge on any atom is 0.354 e. The number of aromatic carboxylic acids is 1. The predicted octanol–water partition coefficient (Wildman–Crippen LogP) is -0.0312. The second-order valence-electron chi connectivity index (χ2n) is 3.83. The molecule has 0 bridgehead atoms. The third-order valence-electron chi connectivity index (χ3n) is 2.82. The molecule has 92 valence electrons. The number of carbonyl (C=O) groups is 2. The van der Waals surface area contributed by atoms with E-state index < -0.39 is 5.97 Å². The number of carboxylic acids is 1. The van der Waals surface area contributed by atoms with Gasteiger partial charge in [0.2, 0.25) is 0 Å². The predicted molar refractivity (Wildman–Crippen MR) is 56.9 cm³/mol. The summed E-state index contributed by atoms with van der Waals surface area (Å²) >= 11 is 0. The van der Waals surface area contributed by atoms with Crippen molar-refractivity contribution < 1.29 is 19.4 Å². The van der Waals surface area contributed by atoms with Crippen molar-refractivity contribution >= 4 is 11.9 Å². The lowest BCUT2D eigenvalue weighted by molar-refractivity contribution is 0.0663. The van der Waals surface area contributed by atoms with Crippen molar-refractivity contribution in [2.45, 2.75) is 12.5 Å². The van der Waals surface area contributed by atoms with E-state index in [4.69, 9.17) is 9.84 Å². The molecule has 1 aromatic rings. The molecule has 7 nitrogen and oxygen atoms in total. The van der Waals surface area contributed by atoms with Crippen LogP contribution in [0.4, 0.5) is 0 Å². The first kappa shape index (κ1) is 11.6. The second-order valence-corrected chi connectivity index (χ2v) is 3.83. The van der Waals surface area contributed by atoms with Crippen LogP contribution in [0.25, 0.3) is 0 Å². The number of carboxylic acid groups (broad SMARTS) is 1. The van der Waals surface area contributed by atoms with Crippen molar-refractivity contribution in [2.24, 2.45) is 0 Å². The highest BCUT2D eigenvalue weighted by molar-refractivity contribution is 6.02. The standard InChI is InChI=1S/C10H13N3O4/c1-17-6-2-3-13(4-6)9(14)7-8(10(15)16)12-5-11-7/h5-6H,2-4H2,1H3,(H,11,12)(H,15,16). The number of ether oxygens (including phenoxy) is 1. The summed E-state index contributed by atoms with van der Waals surface area (Å²) in [4.78, 5) is 30.6. The highest BCUT2D eigenvalue weighted by Gasteiger charge is 2.30. The molecule has 17 heavy (non-hydrogen) atoms. The van der Waals surface area contributed by atoms with E-state index in [2.05, 4.69) is 9.97 Å². The van der Waals surface area contributed by atoms with Crippen LogP contribution >= 0.6 is 0 Å². The molecule has 1 unspecified atom stereocenters. The monoisotopic (exact) mass is 239 g/mol. The molecule has 1 aliphatic heterocycles. The molecule has 1 aromatic heterocycles. The van der Waals surface area contributed by atoms with Gasteiger partial charge in [0.1, 0.15) is 0 Å². The number of nitrogens with zero attached hydrogens (tertiary/aromatic N) is 2. The van der Waals surface area contributed by atoms with Gasteiger partial charge in [-0.15, -0.1) is 0 Å². The molecule has 1 amide bonds. The third-order valence-corrected chi connectivity index (χ3v) is 2.82. The molecule has 0 radical (unpaired) electrons. The Bertz CT molecular complexity index is 443. The molecule has 0 aliphatic carbocycles. The number of likely N-dealkylation sites (tertiary alicyclic amines) is 1. The number of rotatable bonds is 3. The summed E-state index contributed by atoms with van der Waals surface area (Å²) in [7, 11) is 1.59. The molecule has 1 saturated heterocycles. The summed E-state index contributed by atoms with van der Waals surface area (Å²) in [5.41, 5.74) is -0.217. The number of carbonyl (C=O) groups excluding carboxylic acids is 1. The number of nitrogens with one attached hydrogen (secondary N) is 1. The van der Waals surface area contributed by atoms with E-state index in [1.165, 1.54) is 6.33 Å². The Labute approximate surface area is 97.4 Å². The Morgan fingerprint density at radius 2 is 2.41 bits per heavy atom. The van der Waals surface area contributed by atoms with Crippen LogP contribution in [0.2, 0.25) is 0 Å². The summed E-state index contributed by atoms with van der Waals surface area (Å²) in [6.45, 7) is 1.03. The van der Waals surface area contributed by atoms with Gasteiger partial charge in [0.25, 0.3) is 5.91 Å². The zero-order chi connectivity index (χ0) is 12.4. The van der Waals surface area contributed by atoms with Gasteiger partial charge in [-0.3, -0.25) is 4.79 Å². The van der Waals surface area contributed by atoms with Crippen LogP contribution in [0.15, 0.2) is 6.33 Å². The van der Waals surface area contributed by atoms with Crippen molar-refractivity contribution in [3.05, 3.63) is 17.7 Å². The van der Waals surface area contributed by atoms with Gasteiger partial charge in [-0.05, 0) is 6.42 Å². The zero-order valence-electron chi connectivity index (χ0n) is 9.34. The molecule has 1 atom stereocenters. The molecule has 2 heterocycles. The highest BCUT2D eigenvalue weighted by atomic mass is 16.5. The molecule has 2 N–H and O–H groups in total. The number of imidazole rings is 1. The van der Waals surface area contributed by atoms with Gasteiger partial charge in [-0.2, -0.15) is 0 Å². The number of hydrogen-bond donors (Lipinski definition) is 2. The topological polar surface area (TPSA) is 95.5 Å². The summed E-state index contributed by atoms with van der Waals surface area (Å²) in [6.07, 6.45) is 1.99. The summed E-state index contributed by atoms with van der Waals surface area (Å²) < 4.78 is 5.15. The van der Waals surface area contributed by atoms with Crippen LogP contribution in [0.3, 0.4) is 0 Å². The van der Waals surface area contributed by atoms with Gasteiger partial charge in [-0.25, -0.2) is 9.78 Å². The van der Waals surface area contributed by atoms with Crippen molar-refractivity contribution in [3.8, 4) is 0 Å². The van der Waals surface area contributed by atoms with Crippen molar-refractivity contribution in [3.63, 3.8) is 0 Å². The molecule has 1 aliphatic rings. The molecule has 0 saturated carbocycles. The van der Waals surface area contributed by atoms with Crippen molar-refractivity contribution in [1.82, 2.24) is 14.9 Å². The average molecular weight is 239 g/mol. The Morgan fingerprint density at radius 3 is 3.00 bits per heavy atom. The lowest BCUT2D eigenvalue weighted by atomic mass is 10.3. The first-order valence-electron chi connectivity index (χ1n) is 5.22. The quantitative estimate of drug-likeness (QED) is 0.772. The molecule has 1 fully saturated rings. The Kier molecular flexibility index (Phi) is 3.10. The van der Waals surface area contributed by atoms with E-state index in [1.807, 2.05) is 0 Å². The van der Waals surface area contributed by atoms with Gasteiger partial charge in [0.05, 0.1) is 12.4 Å². The van der Waals surface area contributed by atoms with Gasteiger partial charge in [0, 0.05) is 20.2 Å². The number of hydrogen-bond acceptors (Lipinski definition) is 4. The normalized spacial score (nSPS) is 19.6. The summed E-state index contributed by atoms with van der Waals surface area (Å²) in [6, 6.07) is 0. The van der Waals surface area contributed by atoms with E-state index in [-0.39, 0.29) is 23.4 Å². The van der Waals surface area contributed by atoms with Crippen molar-refractivity contribution in [1.29, 1.82) is 0 Å². The van der Waals surface area contributed by atoms with Crippen LogP contribution in [0.5, 0.6) is 0 Å². The SMILES string of the molecule is COC1CCN(C(=O)c2nc[nH]c2C(=O)O)C1. The van der Waals surface area contributed by atoms with E-state index in [0.717, 1.165) is 6.42 Å². The lowest BCUT2D eigenvalue weighted by Crippen LogP contribution is -2.31. The van der Waals surface area contributed by atoms with E-state index in [1.54, 1.807) is 12.0 Å². The van der Waals surface area contributed by atoms with E-state index in [9.17, 15) is 9.59 Å². The average Bonchev–Trinajstić information content (AvgIpc) is 2.97. The number of methoxy groups -OCH3 is 1. The number of amides is 1. The van der Waals surface area contributed by atoms with Crippen LogP contribution in [0, 0.1) is 0 Å². The summed E-state index contributed by atoms with van der Waals surface area (Å²) in [5.74, 6) is -1.56. The smallest absolute Gasteiger partial charge is 0.354 e. The number of H-pyrrole nitrogens is 1. The zero-order valence-corrected chi connectivity index (χ0v) is 9.34. The molecular weight excluding hydrogens is 226 g/mol. The molecule has 2 rings (SSSR count). The summed E-state index contributed by atoms with van der Waals surface area (Å²) in [5, 5.41) is 8.88. The van der Waals surface area contributed by atoms with Gasteiger partial charge < -0.3 is 19.7 Å². The van der Waals surface area contributed by atoms with Crippen LogP contribution < -0.4 is 0 Å². The second kappa shape index (κ2) is 4.54. The van der Waals surface area contributed by atoms with Gasteiger partial charge in [-0.1, -0.05) is 0 Å². The fourth-order valence-corrected chi connectivity index (χ4v) is 1.87. The fraction of sp³-hybridized carbons (Fsp3) is 0.500. The van der Waals surface area contributed by atoms with Crippen molar-refractivity contribution in [2.75, 3.05) is 20.2 Å². The minimum absolute atomic E-state index is 0.0196. The van der Waals surface area contributed by atoms with Gasteiger partial charge >= 0.3 is 5.97 Å². The minimum Gasteiger partial charge on any atom is -0.477 e. The number of aromatic nitrogens is 2. The van der Waals surface area contributed by atoms with Crippen LogP contribution in [0.1, 0.15) is 27.4 Å². The van der Waals surface area contributed by atoms with E-state index >= 15 is 0 Å². The van der Waals surface area contributed by atoms with Crippen LogP contribution in [-0.2, 0) is 4.74 Å². The Morgan fingerprint density at radius 1 is 1.65 bits per heavy atom. The molecule has 7 heteroatoms. The van der Waals surface area contributed by atoms with E-state index in [0.29, 0.717) is 13.1 Å². The Hall–Kier alpha value is -1.89. The largest absolute Gasteiger partial charge is 0.477 e. The number of aromatic amines is 1. The minimum atomic E-state index is -1.19. The van der Waals surface area contributed by atoms with Crippen LogP contribution in [-0.4, -0.2) is 58.2 Å². The Balaban J connectivity index is 2.15. The molecular formula is C10H13N3O4. The first-order valence-corrected chi connectivity index (χ1v) is 5.22.